The van der Waals surface area contributed by atoms with Gasteiger partial charge in [0.05, 0.1) is 12.8 Å². The molecule has 0 radical (unpaired) electrons. The van der Waals surface area contributed by atoms with Crippen LogP contribution < -0.4 is 5.32 Å². The van der Waals surface area contributed by atoms with Crippen LogP contribution in [0.25, 0.3) is 0 Å². The molecule has 3 rings (SSSR count). The molecule has 142 valence electrons. The van der Waals surface area contributed by atoms with E-state index in [1.54, 1.807) is 0 Å². The molecule has 0 amide bonds. The second-order valence-corrected chi connectivity index (χ2v) is 7.99. The molecule has 1 fully saturated rings. The predicted octanol–water partition coefficient (Wildman–Crippen LogP) is 3.00. The first kappa shape index (κ1) is 19.4. The van der Waals surface area contributed by atoms with Crippen molar-refractivity contribution in [3.63, 3.8) is 0 Å². The van der Waals surface area contributed by atoms with Crippen molar-refractivity contribution in [3.05, 3.63) is 52.8 Å². The second-order valence-electron chi connectivity index (χ2n) is 7.55. The Balaban J connectivity index is 1.77. The molecule has 6 heteroatoms. The highest BCUT2D eigenvalue weighted by molar-refractivity contribution is 6.30. The van der Waals surface area contributed by atoms with Crippen LogP contribution in [0.2, 0.25) is 5.02 Å². The summed E-state index contributed by atoms with van der Waals surface area (Å²) in [6.45, 7) is 7.12. The van der Waals surface area contributed by atoms with Gasteiger partial charge in [-0.25, -0.2) is 0 Å². The van der Waals surface area contributed by atoms with E-state index in [9.17, 15) is 5.11 Å². The van der Waals surface area contributed by atoms with Gasteiger partial charge in [0, 0.05) is 48.5 Å². The third-order valence-electron chi connectivity index (χ3n) is 5.56. The Labute approximate surface area is 161 Å². The van der Waals surface area contributed by atoms with E-state index in [-0.39, 0.29) is 18.2 Å². The quantitative estimate of drug-likeness (QED) is 0.780. The summed E-state index contributed by atoms with van der Waals surface area (Å²) in [4.78, 5) is 2.44. The average molecular weight is 377 g/mol. The van der Waals surface area contributed by atoms with E-state index >= 15 is 0 Å². The summed E-state index contributed by atoms with van der Waals surface area (Å²) in [7, 11) is 1.93. The molecule has 0 unspecified atom stereocenters. The van der Waals surface area contributed by atoms with Crippen molar-refractivity contribution < 1.29 is 5.11 Å². The number of halogens is 1. The fourth-order valence-corrected chi connectivity index (χ4v) is 4.50. The molecule has 0 aliphatic carbocycles. The zero-order valence-electron chi connectivity index (χ0n) is 15.8. The van der Waals surface area contributed by atoms with Crippen molar-refractivity contribution in [1.29, 1.82) is 0 Å². The molecule has 1 aliphatic heterocycles. The number of hydrogen-bond acceptors (Lipinski definition) is 4. The first-order valence-electron chi connectivity index (χ1n) is 9.28. The first-order valence-corrected chi connectivity index (χ1v) is 9.66. The van der Waals surface area contributed by atoms with Crippen LogP contribution in [0.1, 0.15) is 37.4 Å². The third kappa shape index (κ3) is 3.96. The molecule has 2 heterocycles. The van der Waals surface area contributed by atoms with E-state index in [0.717, 1.165) is 31.1 Å². The van der Waals surface area contributed by atoms with Gasteiger partial charge in [-0.2, -0.15) is 5.10 Å². The number of aliphatic hydroxyl groups excluding tert-OH is 1. The van der Waals surface area contributed by atoms with E-state index in [1.165, 1.54) is 11.1 Å². The lowest BCUT2D eigenvalue weighted by atomic mass is 9.90. The van der Waals surface area contributed by atoms with E-state index in [0.29, 0.717) is 5.92 Å². The zero-order valence-corrected chi connectivity index (χ0v) is 16.6. The van der Waals surface area contributed by atoms with Crippen LogP contribution in [0.15, 0.2) is 36.7 Å². The van der Waals surface area contributed by atoms with Gasteiger partial charge in [-0.05, 0) is 43.5 Å². The number of aromatic nitrogens is 2. The van der Waals surface area contributed by atoms with Gasteiger partial charge in [0.2, 0.25) is 0 Å². The standard InChI is InChI=1S/C20H29ClN4O/c1-4-25-19(16-5-7-18(21)8-6-16)17(9-20(25,2)14-26)12-22-10-15-11-23-24(3)13-15/h5-8,11,13,17,19,22,26H,4,9-10,12,14H2,1-3H3/t17-,19+,20+/m0/s1. The van der Waals surface area contributed by atoms with Gasteiger partial charge in [0.1, 0.15) is 0 Å². The molecule has 2 aromatic rings. The van der Waals surface area contributed by atoms with Gasteiger partial charge in [-0.3, -0.25) is 9.58 Å². The number of rotatable bonds is 7. The highest BCUT2D eigenvalue weighted by Crippen LogP contribution is 2.46. The molecule has 0 bridgehead atoms. The average Bonchev–Trinajstić information content (AvgIpc) is 3.17. The Morgan fingerprint density at radius 3 is 2.65 bits per heavy atom. The van der Waals surface area contributed by atoms with E-state index in [4.69, 9.17) is 11.6 Å². The lowest BCUT2D eigenvalue weighted by molar-refractivity contribution is 0.0579. The fraction of sp³-hybridized carbons (Fsp3) is 0.550. The molecule has 3 atom stereocenters. The third-order valence-corrected chi connectivity index (χ3v) is 5.82. The largest absolute Gasteiger partial charge is 0.394 e. The number of benzene rings is 1. The molecule has 5 nitrogen and oxygen atoms in total. The topological polar surface area (TPSA) is 53.3 Å². The lowest BCUT2D eigenvalue weighted by Crippen LogP contribution is -2.45. The Morgan fingerprint density at radius 1 is 1.35 bits per heavy atom. The SMILES string of the molecule is CCN1[C@H](c2ccc(Cl)cc2)[C@H](CNCc2cnn(C)c2)C[C@]1(C)CO. The number of nitrogens with zero attached hydrogens (tertiary/aromatic N) is 3. The van der Waals surface area contributed by atoms with Crippen LogP contribution in [0.3, 0.4) is 0 Å². The van der Waals surface area contributed by atoms with E-state index in [2.05, 4.69) is 41.3 Å². The van der Waals surface area contributed by atoms with Gasteiger partial charge in [-0.15, -0.1) is 0 Å². The van der Waals surface area contributed by atoms with Crippen molar-refractivity contribution >= 4 is 11.6 Å². The number of nitrogens with one attached hydrogen (secondary N) is 1. The molecule has 2 N–H and O–H groups in total. The van der Waals surface area contributed by atoms with Crippen LogP contribution in [0.5, 0.6) is 0 Å². The molecule has 1 aliphatic rings. The summed E-state index contributed by atoms with van der Waals surface area (Å²) in [6, 6.07) is 8.43. The van der Waals surface area contributed by atoms with Crippen molar-refractivity contribution in [2.45, 2.75) is 38.4 Å². The van der Waals surface area contributed by atoms with Crippen molar-refractivity contribution in [1.82, 2.24) is 20.0 Å². The minimum atomic E-state index is -0.195. The molecule has 26 heavy (non-hydrogen) atoms. The molecule has 1 aromatic heterocycles. The highest BCUT2D eigenvalue weighted by atomic mass is 35.5. The number of aryl methyl sites for hydroxylation is 1. The Kier molecular flexibility index (Phi) is 6.03. The maximum atomic E-state index is 10.1. The smallest absolute Gasteiger partial charge is 0.0613 e. The Morgan fingerprint density at radius 2 is 2.08 bits per heavy atom. The number of hydrogen-bond donors (Lipinski definition) is 2. The monoisotopic (exact) mass is 376 g/mol. The van der Waals surface area contributed by atoms with E-state index < -0.39 is 0 Å². The molecule has 1 saturated heterocycles. The summed E-state index contributed by atoms with van der Waals surface area (Å²) in [6.07, 6.45) is 4.90. The molecular formula is C20H29ClN4O. The van der Waals surface area contributed by atoms with Crippen LogP contribution in [0, 0.1) is 5.92 Å². The van der Waals surface area contributed by atoms with Crippen molar-refractivity contribution in [3.8, 4) is 0 Å². The summed E-state index contributed by atoms with van der Waals surface area (Å²) in [5.41, 5.74) is 2.26. The summed E-state index contributed by atoms with van der Waals surface area (Å²) in [5, 5.41) is 18.6. The van der Waals surface area contributed by atoms with Crippen LogP contribution in [-0.2, 0) is 13.6 Å². The molecule has 0 saturated carbocycles. The number of likely N-dealkylation sites (tertiary alicyclic amines) is 1. The van der Waals surface area contributed by atoms with Crippen LogP contribution in [-0.4, -0.2) is 45.0 Å². The van der Waals surface area contributed by atoms with Crippen molar-refractivity contribution in [2.24, 2.45) is 13.0 Å². The summed E-state index contributed by atoms with van der Waals surface area (Å²) < 4.78 is 1.82. The molecule has 0 spiro atoms. The van der Waals surface area contributed by atoms with E-state index in [1.807, 2.05) is 36.3 Å². The maximum absolute atomic E-state index is 10.1. The van der Waals surface area contributed by atoms with Gasteiger partial charge in [-0.1, -0.05) is 30.7 Å². The minimum Gasteiger partial charge on any atom is -0.394 e. The zero-order chi connectivity index (χ0) is 18.7. The summed E-state index contributed by atoms with van der Waals surface area (Å²) in [5.74, 6) is 0.421. The normalized spacial score (nSPS) is 26.5. The lowest BCUT2D eigenvalue weighted by Gasteiger charge is -2.37. The maximum Gasteiger partial charge on any atom is 0.0613 e. The molecule has 1 aromatic carbocycles. The summed E-state index contributed by atoms with van der Waals surface area (Å²) >= 11 is 6.09. The van der Waals surface area contributed by atoms with Crippen LogP contribution >= 0.6 is 11.6 Å². The van der Waals surface area contributed by atoms with Gasteiger partial charge >= 0.3 is 0 Å². The van der Waals surface area contributed by atoms with Crippen molar-refractivity contribution in [2.75, 3.05) is 19.7 Å². The Hall–Kier alpha value is -1.40. The molecular weight excluding hydrogens is 348 g/mol. The van der Waals surface area contributed by atoms with Crippen LogP contribution in [0.4, 0.5) is 0 Å². The number of likely N-dealkylation sites (N-methyl/N-ethyl adjacent to an activating group) is 1. The fourth-order valence-electron chi connectivity index (χ4n) is 4.38. The predicted molar refractivity (Wildman–Crippen MR) is 105 cm³/mol. The van der Waals surface area contributed by atoms with Gasteiger partial charge < -0.3 is 10.4 Å². The Bertz CT molecular complexity index is 717. The highest BCUT2D eigenvalue weighted by Gasteiger charge is 2.47. The van der Waals surface area contributed by atoms with Gasteiger partial charge in [0.25, 0.3) is 0 Å². The number of aliphatic hydroxyl groups is 1. The minimum absolute atomic E-state index is 0.171. The van der Waals surface area contributed by atoms with Gasteiger partial charge in [0.15, 0.2) is 0 Å². The second kappa shape index (κ2) is 8.09. The first-order chi connectivity index (χ1) is 12.5.